The van der Waals surface area contributed by atoms with E-state index in [4.69, 9.17) is 4.74 Å². The van der Waals surface area contributed by atoms with Gasteiger partial charge in [0.15, 0.2) is 11.2 Å². The second-order valence-corrected chi connectivity index (χ2v) is 8.73. The first-order valence-corrected chi connectivity index (χ1v) is 10.4. The molecule has 0 saturated heterocycles. The summed E-state index contributed by atoms with van der Waals surface area (Å²) in [6.07, 6.45) is -6.38. The first-order chi connectivity index (χ1) is 14.9. The molecule has 2 heterocycles. The number of thiophene rings is 1. The van der Waals surface area contributed by atoms with Gasteiger partial charge in [-0.25, -0.2) is 9.78 Å². The van der Waals surface area contributed by atoms with Crippen molar-refractivity contribution >= 4 is 60.6 Å². The number of non-ortho nitro benzene ring substituents is 1. The second-order valence-electron chi connectivity index (χ2n) is 6.69. The zero-order valence-corrected chi connectivity index (χ0v) is 18.4. The molecule has 1 atom stereocenters. The number of nitro benzene ring substituents is 1. The summed E-state index contributed by atoms with van der Waals surface area (Å²) >= 11 is 2.43. The zero-order valence-electron chi connectivity index (χ0n) is 16.7. The Morgan fingerprint density at radius 2 is 1.94 bits per heavy atom. The number of anilines is 2. The number of carbonyl (C=O) groups excluding carboxylic acids is 2. The number of ether oxygens (including phenoxy) is 1. The zero-order chi connectivity index (χ0) is 23.8. The molecule has 1 amide bonds. The first kappa shape index (κ1) is 23.4. The minimum absolute atomic E-state index is 0.190. The Labute approximate surface area is 186 Å². The summed E-state index contributed by atoms with van der Waals surface area (Å²) in [5, 5.41) is 13.5. The van der Waals surface area contributed by atoms with E-state index in [9.17, 15) is 32.9 Å². The lowest BCUT2D eigenvalue weighted by atomic mass is 10.1. The molecule has 0 aliphatic heterocycles. The van der Waals surface area contributed by atoms with E-state index in [1.807, 2.05) is 24.3 Å². The van der Waals surface area contributed by atoms with Crippen LogP contribution in [0.1, 0.15) is 22.2 Å². The van der Waals surface area contributed by atoms with Crippen LogP contribution in [0.3, 0.4) is 0 Å². The van der Waals surface area contributed by atoms with Crippen molar-refractivity contribution in [3.05, 3.63) is 44.8 Å². The number of nitrogens with one attached hydrogen (secondary N) is 1. The number of fused-ring (bicyclic) bond motifs is 1. The van der Waals surface area contributed by atoms with Crippen molar-refractivity contribution in [3.8, 4) is 0 Å². The molecule has 0 saturated carbocycles. The largest absolute Gasteiger partial charge is 0.448 e. The quantitative estimate of drug-likeness (QED) is 0.308. The van der Waals surface area contributed by atoms with Gasteiger partial charge in [-0.2, -0.15) is 13.2 Å². The summed E-state index contributed by atoms with van der Waals surface area (Å²) in [4.78, 5) is 41.4. The van der Waals surface area contributed by atoms with Crippen LogP contribution in [-0.4, -0.2) is 42.0 Å². The van der Waals surface area contributed by atoms with Crippen molar-refractivity contribution < 1.29 is 32.4 Å². The topological polar surface area (TPSA) is 115 Å². The molecule has 0 aliphatic carbocycles. The van der Waals surface area contributed by atoms with Crippen LogP contribution in [0.2, 0.25) is 0 Å². The van der Waals surface area contributed by atoms with E-state index in [2.05, 4.69) is 4.98 Å². The molecule has 0 bridgehead atoms. The molecule has 32 heavy (non-hydrogen) atoms. The lowest BCUT2D eigenvalue weighted by molar-refractivity contribution is -0.385. The number of esters is 1. The molecule has 0 aliphatic rings. The fourth-order valence-electron chi connectivity index (χ4n) is 2.51. The average Bonchev–Trinajstić information content (AvgIpc) is 3.26. The smallest absolute Gasteiger partial charge is 0.418 e. The molecule has 1 unspecified atom stereocenters. The summed E-state index contributed by atoms with van der Waals surface area (Å²) in [6.45, 7) is 1.20. The minimum atomic E-state index is -4.95. The Morgan fingerprint density at radius 1 is 1.25 bits per heavy atom. The lowest BCUT2D eigenvalue weighted by Crippen LogP contribution is -2.30. The SMILES string of the molecule is CC(OC(=O)c1cc2sc(N(C)C)nc2s1)C(=O)Nc1ccc([N+](=O)[O-])cc1C(F)(F)F. The monoisotopic (exact) mass is 488 g/mol. The van der Waals surface area contributed by atoms with Crippen LogP contribution < -0.4 is 10.2 Å². The third-order valence-corrected chi connectivity index (χ3v) is 6.40. The van der Waals surface area contributed by atoms with Crippen molar-refractivity contribution in [2.75, 3.05) is 24.3 Å². The van der Waals surface area contributed by atoms with Crippen molar-refractivity contribution in [1.82, 2.24) is 4.98 Å². The summed E-state index contributed by atoms with van der Waals surface area (Å²) in [6, 6.07) is 3.49. The Bertz CT molecular complexity index is 1170. The normalized spacial score (nSPS) is 12.4. The van der Waals surface area contributed by atoms with Crippen LogP contribution in [-0.2, 0) is 15.7 Å². The summed E-state index contributed by atoms with van der Waals surface area (Å²) < 4.78 is 45.6. The van der Waals surface area contributed by atoms with E-state index in [1.54, 1.807) is 6.07 Å². The van der Waals surface area contributed by atoms with Crippen molar-refractivity contribution in [2.24, 2.45) is 0 Å². The molecule has 1 aromatic carbocycles. The number of nitro groups is 1. The molecule has 3 rings (SSSR count). The van der Waals surface area contributed by atoms with E-state index in [0.717, 1.165) is 33.3 Å². The van der Waals surface area contributed by atoms with E-state index < -0.39 is 46.0 Å². The van der Waals surface area contributed by atoms with E-state index in [1.165, 1.54) is 18.3 Å². The number of hydrogen-bond donors (Lipinski definition) is 1. The molecular weight excluding hydrogens is 473 g/mol. The molecule has 0 fully saturated rings. The Kier molecular flexibility index (Phi) is 6.37. The maximum Gasteiger partial charge on any atom is 0.418 e. The molecule has 14 heteroatoms. The van der Waals surface area contributed by atoms with Gasteiger partial charge in [0.2, 0.25) is 0 Å². The summed E-state index contributed by atoms with van der Waals surface area (Å²) in [7, 11) is 3.65. The van der Waals surface area contributed by atoms with Gasteiger partial charge < -0.3 is 15.0 Å². The minimum Gasteiger partial charge on any atom is -0.448 e. The van der Waals surface area contributed by atoms with Crippen molar-refractivity contribution in [3.63, 3.8) is 0 Å². The average molecular weight is 488 g/mol. The van der Waals surface area contributed by atoms with Gasteiger partial charge in [-0.1, -0.05) is 11.3 Å². The van der Waals surface area contributed by atoms with Gasteiger partial charge >= 0.3 is 12.1 Å². The highest BCUT2D eigenvalue weighted by molar-refractivity contribution is 7.29. The number of benzene rings is 1. The van der Waals surface area contributed by atoms with Crippen LogP contribution in [0.15, 0.2) is 24.3 Å². The number of thiazole rings is 1. The van der Waals surface area contributed by atoms with E-state index in [0.29, 0.717) is 10.9 Å². The van der Waals surface area contributed by atoms with Gasteiger partial charge in [0.25, 0.3) is 11.6 Å². The van der Waals surface area contributed by atoms with E-state index >= 15 is 0 Å². The molecule has 1 N–H and O–H groups in total. The maximum atomic E-state index is 13.3. The molecule has 0 spiro atoms. The number of nitrogens with zero attached hydrogens (tertiary/aromatic N) is 3. The van der Waals surface area contributed by atoms with Gasteiger partial charge in [0, 0.05) is 26.2 Å². The number of halogens is 3. The molecule has 170 valence electrons. The number of aromatic nitrogens is 1. The third-order valence-electron chi connectivity index (χ3n) is 4.09. The molecule has 2 aromatic heterocycles. The number of hydrogen-bond acceptors (Lipinski definition) is 9. The number of amides is 1. The lowest BCUT2D eigenvalue weighted by Gasteiger charge is -2.16. The first-order valence-electron chi connectivity index (χ1n) is 8.82. The third kappa shape index (κ3) is 4.96. The van der Waals surface area contributed by atoms with Gasteiger partial charge in [-0.15, -0.1) is 11.3 Å². The van der Waals surface area contributed by atoms with Crippen LogP contribution in [0.25, 0.3) is 9.53 Å². The predicted octanol–water partition coefficient (Wildman–Crippen LogP) is 4.53. The standard InChI is InChI=1S/C18H15F3N4O5S2/c1-8(30-16(27)13-7-12-15(31-13)23-17(32-12)24(2)3)14(26)22-11-5-4-9(25(28)29)6-10(11)18(19,20)21/h4-8H,1-3H3,(H,22,26). The van der Waals surface area contributed by atoms with E-state index in [-0.39, 0.29) is 4.88 Å². The second kappa shape index (κ2) is 8.70. The van der Waals surface area contributed by atoms with Crippen LogP contribution in [0.5, 0.6) is 0 Å². The van der Waals surface area contributed by atoms with Gasteiger partial charge in [-0.3, -0.25) is 14.9 Å². The Morgan fingerprint density at radius 3 is 2.50 bits per heavy atom. The summed E-state index contributed by atoms with van der Waals surface area (Å²) in [5.41, 5.74) is -2.86. The summed E-state index contributed by atoms with van der Waals surface area (Å²) in [5.74, 6) is -1.85. The Hall–Kier alpha value is -3.26. The highest BCUT2D eigenvalue weighted by Crippen LogP contribution is 2.37. The van der Waals surface area contributed by atoms with Gasteiger partial charge in [0.05, 0.1) is 20.9 Å². The van der Waals surface area contributed by atoms with Crippen LogP contribution >= 0.6 is 22.7 Å². The highest BCUT2D eigenvalue weighted by Gasteiger charge is 2.36. The van der Waals surface area contributed by atoms with Crippen molar-refractivity contribution in [2.45, 2.75) is 19.2 Å². The molecule has 0 radical (unpaired) electrons. The fourth-order valence-corrected chi connectivity index (χ4v) is 4.53. The van der Waals surface area contributed by atoms with Crippen LogP contribution in [0.4, 0.5) is 29.7 Å². The fraction of sp³-hybridized carbons (Fsp3) is 0.278. The number of alkyl halides is 3. The Balaban J connectivity index is 1.72. The predicted molar refractivity (Wildman–Crippen MR) is 113 cm³/mol. The molecule has 3 aromatic rings. The van der Waals surface area contributed by atoms with Crippen LogP contribution in [0, 0.1) is 10.1 Å². The number of rotatable bonds is 6. The van der Waals surface area contributed by atoms with Gasteiger partial charge in [-0.05, 0) is 19.1 Å². The molecule has 9 nitrogen and oxygen atoms in total. The molecular formula is C18H15F3N4O5S2. The number of carbonyl (C=O) groups is 2. The van der Waals surface area contributed by atoms with Crippen molar-refractivity contribution in [1.29, 1.82) is 0 Å². The maximum absolute atomic E-state index is 13.3. The van der Waals surface area contributed by atoms with Gasteiger partial charge in [0.1, 0.15) is 9.71 Å². The highest BCUT2D eigenvalue weighted by atomic mass is 32.1.